The fourth-order valence-electron chi connectivity index (χ4n) is 4.75. The second kappa shape index (κ2) is 10.3. The van der Waals surface area contributed by atoms with Gasteiger partial charge in [0.25, 0.3) is 0 Å². The Morgan fingerprint density at radius 1 is 0.879 bits per heavy atom. The molecule has 178 valence electrons. The summed E-state index contributed by atoms with van der Waals surface area (Å²) in [6.07, 6.45) is 5.17. The molecule has 2 aromatic rings. The number of benzene rings is 2. The molecule has 2 aromatic carbocycles. The molecule has 4 rings (SSSR count). The molecule has 7 heteroatoms. The average Bonchev–Trinajstić information content (AvgIpc) is 2.85. The zero-order chi connectivity index (χ0) is 23.5. The Hall–Kier alpha value is -2.38. The Bertz CT molecular complexity index is 994. The number of hydrogen-bond acceptors (Lipinski definition) is 3. The molecule has 0 radical (unpaired) electrons. The summed E-state index contributed by atoms with van der Waals surface area (Å²) in [5.74, 6) is -5.05. The van der Waals surface area contributed by atoms with E-state index in [2.05, 4.69) is 6.58 Å². The average molecular weight is 464 g/mol. The van der Waals surface area contributed by atoms with Crippen molar-refractivity contribution in [2.24, 2.45) is 5.92 Å². The van der Waals surface area contributed by atoms with Crippen LogP contribution in [-0.2, 0) is 9.47 Å². The van der Waals surface area contributed by atoms with E-state index in [9.17, 15) is 17.6 Å². The van der Waals surface area contributed by atoms with Gasteiger partial charge in [-0.15, -0.1) is 6.58 Å². The van der Waals surface area contributed by atoms with Crippen molar-refractivity contribution in [1.82, 2.24) is 0 Å². The van der Waals surface area contributed by atoms with Crippen molar-refractivity contribution in [3.8, 4) is 16.9 Å². The molecule has 2 aliphatic rings. The number of rotatable bonds is 6. The van der Waals surface area contributed by atoms with Crippen LogP contribution in [0.25, 0.3) is 11.1 Å². The maximum Gasteiger partial charge on any atom is 0.201 e. The monoisotopic (exact) mass is 464 g/mol. The van der Waals surface area contributed by atoms with Gasteiger partial charge in [-0.25, -0.2) is 13.2 Å². The van der Waals surface area contributed by atoms with Gasteiger partial charge in [0.2, 0.25) is 5.82 Å². The Balaban J connectivity index is 1.48. The summed E-state index contributed by atoms with van der Waals surface area (Å²) < 4.78 is 75.5. The van der Waals surface area contributed by atoms with Crippen LogP contribution in [0, 0.1) is 29.2 Å². The number of halogens is 4. The molecule has 0 saturated carbocycles. The van der Waals surface area contributed by atoms with Crippen molar-refractivity contribution < 1.29 is 31.8 Å². The van der Waals surface area contributed by atoms with E-state index in [-0.39, 0.29) is 59.7 Å². The molecule has 2 aliphatic heterocycles. The highest BCUT2D eigenvalue weighted by atomic mass is 19.2. The maximum atomic E-state index is 15.0. The molecule has 3 nitrogen and oxygen atoms in total. The van der Waals surface area contributed by atoms with E-state index in [0.29, 0.717) is 13.0 Å². The third kappa shape index (κ3) is 4.80. The molecule has 0 spiro atoms. The molecule has 0 aliphatic carbocycles. The first-order valence-corrected chi connectivity index (χ1v) is 11.4. The lowest BCUT2D eigenvalue weighted by molar-refractivity contribution is -0.0857. The lowest BCUT2D eigenvalue weighted by Crippen LogP contribution is -2.37. The Kier molecular flexibility index (Phi) is 7.39. The summed E-state index contributed by atoms with van der Waals surface area (Å²) in [5, 5.41) is 0. The second-order valence-electron chi connectivity index (χ2n) is 8.59. The highest BCUT2D eigenvalue weighted by Gasteiger charge is 2.33. The zero-order valence-corrected chi connectivity index (χ0v) is 18.6. The molecular formula is C26H28F4O3. The molecule has 0 amide bonds. The van der Waals surface area contributed by atoms with E-state index in [1.807, 2.05) is 6.08 Å². The fraction of sp³-hybridized carbons (Fsp3) is 0.462. The minimum atomic E-state index is -1.27. The molecule has 33 heavy (non-hydrogen) atoms. The molecule has 4 atom stereocenters. The summed E-state index contributed by atoms with van der Waals surface area (Å²) in [7, 11) is 0. The van der Waals surface area contributed by atoms with Crippen molar-refractivity contribution in [3.05, 3.63) is 65.8 Å². The van der Waals surface area contributed by atoms with Crippen molar-refractivity contribution in [1.29, 1.82) is 0 Å². The molecule has 2 saturated heterocycles. The van der Waals surface area contributed by atoms with Gasteiger partial charge in [-0.05, 0) is 50.3 Å². The minimum Gasteiger partial charge on any atom is -0.491 e. The SMILES string of the molecule is C=CC1CCC(C2CCC(c3ccc(-c4ccc(OCC)c(F)c4F)c(F)c3F)CO2)CO1. The molecular weight excluding hydrogens is 436 g/mol. The predicted octanol–water partition coefficient (Wildman–Crippen LogP) is 6.55. The van der Waals surface area contributed by atoms with Crippen LogP contribution in [0.3, 0.4) is 0 Å². The van der Waals surface area contributed by atoms with Gasteiger partial charge in [-0.1, -0.05) is 18.2 Å². The van der Waals surface area contributed by atoms with E-state index in [1.54, 1.807) is 6.92 Å². The second-order valence-corrected chi connectivity index (χ2v) is 8.59. The molecule has 0 aromatic heterocycles. The van der Waals surface area contributed by atoms with E-state index in [0.717, 1.165) is 19.3 Å². The highest BCUT2D eigenvalue weighted by molar-refractivity contribution is 5.66. The van der Waals surface area contributed by atoms with Crippen LogP contribution < -0.4 is 4.74 Å². The lowest BCUT2D eigenvalue weighted by atomic mass is 9.84. The van der Waals surface area contributed by atoms with E-state index >= 15 is 0 Å². The maximum absolute atomic E-state index is 15.0. The first kappa shape index (κ1) is 23.8. The summed E-state index contributed by atoms with van der Waals surface area (Å²) in [6, 6.07) is 5.14. The van der Waals surface area contributed by atoms with Crippen LogP contribution in [0.4, 0.5) is 17.6 Å². The molecule has 4 unspecified atom stereocenters. The van der Waals surface area contributed by atoms with Gasteiger partial charge in [0, 0.05) is 23.0 Å². The molecule has 0 bridgehead atoms. The van der Waals surface area contributed by atoms with Gasteiger partial charge in [0.15, 0.2) is 23.2 Å². The normalized spacial score (nSPS) is 25.6. The van der Waals surface area contributed by atoms with Crippen LogP contribution in [-0.4, -0.2) is 32.0 Å². The first-order chi connectivity index (χ1) is 15.9. The molecule has 0 N–H and O–H groups in total. The molecule has 2 heterocycles. The van der Waals surface area contributed by atoms with Gasteiger partial charge in [-0.2, -0.15) is 4.39 Å². The molecule has 2 fully saturated rings. The minimum absolute atomic E-state index is 0.0279. The summed E-state index contributed by atoms with van der Waals surface area (Å²) in [4.78, 5) is 0. The lowest BCUT2D eigenvalue weighted by Gasteiger charge is -2.37. The van der Waals surface area contributed by atoms with Crippen LogP contribution in [0.5, 0.6) is 5.75 Å². The Labute approximate surface area is 191 Å². The highest BCUT2D eigenvalue weighted by Crippen LogP contribution is 2.38. The van der Waals surface area contributed by atoms with Crippen molar-refractivity contribution in [3.63, 3.8) is 0 Å². The topological polar surface area (TPSA) is 27.7 Å². The largest absolute Gasteiger partial charge is 0.491 e. The smallest absolute Gasteiger partial charge is 0.201 e. The Morgan fingerprint density at radius 3 is 2.21 bits per heavy atom. The zero-order valence-electron chi connectivity index (χ0n) is 18.6. The van der Waals surface area contributed by atoms with Gasteiger partial charge in [0.1, 0.15) is 0 Å². The Morgan fingerprint density at radius 2 is 1.61 bits per heavy atom. The predicted molar refractivity (Wildman–Crippen MR) is 117 cm³/mol. The quantitative estimate of drug-likeness (QED) is 0.358. The van der Waals surface area contributed by atoms with Gasteiger partial charge in [0.05, 0.1) is 32.0 Å². The van der Waals surface area contributed by atoms with E-state index in [1.165, 1.54) is 24.3 Å². The fourth-order valence-corrected chi connectivity index (χ4v) is 4.75. The van der Waals surface area contributed by atoms with E-state index < -0.39 is 23.3 Å². The number of ether oxygens (including phenoxy) is 3. The van der Waals surface area contributed by atoms with Crippen LogP contribution in [0.15, 0.2) is 36.9 Å². The van der Waals surface area contributed by atoms with E-state index in [4.69, 9.17) is 14.2 Å². The third-order valence-electron chi connectivity index (χ3n) is 6.64. The van der Waals surface area contributed by atoms with Crippen LogP contribution in [0.1, 0.15) is 44.1 Å². The van der Waals surface area contributed by atoms with Crippen molar-refractivity contribution >= 4 is 0 Å². The first-order valence-electron chi connectivity index (χ1n) is 11.4. The van der Waals surface area contributed by atoms with Gasteiger partial charge >= 0.3 is 0 Å². The van der Waals surface area contributed by atoms with Gasteiger partial charge < -0.3 is 14.2 Å². The third-order valence-corrected chi connectivity index (χ3v) is 6.64. The van der Waals surface area contributed by atoms with Crippen molar-refractivity contribution in [2.75, 3.05) is 19.8 Å². The van der Waals surface area contributed by atoms with Crippen LogP contribution >= 0.6 is 0 Å². The summed E-state index contributed by atoms with van der Waals surface area (Å²) in [6.45, 7) is 6.43. The summed E-state index contributed by atoms with van der Waals surface area (Å²) >= 11 is 0. The van der Waals surface area contributed by atoms with Crippen LogP contribution in [0.2, 0.25) is 0 Å². The number of hydrogen-bond donors (Lipinski definition) is 0. The standard InChI is InChI=1S/C26H28F4O3/c1-3-17-7-5-16(14-32-17)21-11-6-15(13-33-21)18-8-9-19(24(28)23(18)27)20-10-12-22(31-4-2)26(30)25(20)29/h3,8-10,12,15-17,21H,1,4-7,11,13-14H2,2H3. The van der Waals surface area contributed by atoms with Gasteiger partial charge in [-0.3, -0.25) is 0 Å². The van der Waals surface area contributed by atoms with Crippen molar-refractivity contribution in [2.45, 2.75) is 50.7 Å². The summed E-state index contributed by atoms with van der Waals surface area (Å²) in [5.41, 5.74) is -0.497.